The van der Waals surface area contributed by atoms with E-state index in [1.54, 1.807) is 0 Å². The van der Waals surface area contributed by atoms with Crippen LogP contribution in [-0.2, 0) is 12.8 Å². The molecule has 2 nitrogen and oxygen atoms in total. The molecular weight excluding hydrogens is 124 g/mol. The van der Waals surface area contributed by atoms with E-state index in [1.807, 2.05) is 6.20 Å². The van der Waals surface area contributed by atoms with Gasteiger partial charge in [0, 0.05) is 11.9 Å². The quantitative estimate of drug-likeness (QED) is 0.612. The lowest BCUT2D eigenvalue weighted by Gasteiger charge is -1.99. The lowest BCUT2D eigenvalue weighted by atomic mass is 10.1. The number of aryl methyl sites for hydroxylation is 2. The van der Waals surface area contributed by atoms with Crippen molar-refractivity contribution in [2.75, 3.05) is 0 Å². The lowest BCUT2D eigenvalue weighted by molar-refractivity contribution is 0.924. The summed E-state index contributed by atoms with van der Waals surface area (Å²) in [7, 11) is 0. The Morgan fingerprint density at radius 2 is 2.20 bits per heavy atom. The second-order valence-electron chi connectivity index (χ2n) is 2.15. The van der Waals surface area contributed by atoms with Crippen LogP contribution in [0.5, 0.6) is 0 Å². The fourth-order valence-corrected chi connectivity index (χ4v) is 0.944. The van der Waals surface area contributed by atoms with E-state index in [4.69, 9.17) is 0 Å². The molecule has 0 amide bonds. The summed E-state index contributed by atoms with van der Waals surface area (Å²) in [5.74, 6) is 0. The second kappa shape index (κ2) is 3.30. The van der Waals surface area contributed by atoms with Crippen LogP contribution >= 0.6 is 0 Å². The van der Waals surface area contributed by atoms with Crippen LogP contribution in [0.4, 0.5) is 0 Å². The standard InChI is InChI=1S/C8H11N2/c1-3-7-5-9-6-10-8(7)4-2/h5H,3-4H2,1-2H3. The molecule has 1 rings (SSSR count). The van der Waals surface area contributed by atoms with E-state index in [2.05, 4.69) is 30.1 Å². The van der Waals surface area contributed by atoms with Crippen molar-refractivity contribution >= 4 is 0 Å². The minimum atomic E-state index is 0.974. The van der Waals surface area contributed by atoms with Crippen LogP contribution in [0.1, 0.15) is 25.1 Å². The maximum absolute atomic E-state index is 4.03. The minimum Gasteiger partial charge on any atom is -0.233 e. The van der Waals surface area contributed by atoms with Gasteiger partial charge in [0.25, 0.3) is 0 Å². The van der Waals surface area contributed by atoms with Gasteiger partial charge in [0.05, 0.1) is 0 Å². The Balaban J connectivity index is 2.96. The molecule has 0 spiro atoms. The van der Waals surface area contributed by atoms with E-state index in [0.717, 1.165) is 18.5 Å². The van der Waals surface area contributed by atoms with Gasteiger partial charge < -0.3 is 0 Å². The highest BCUT2D eigenvalue weighted by Gasteiger charge is 1.97. The van der Waals surface area contributed by atoms with Crippen LogP contribution in [0.15, 0.2) is 6.20 Å². The Hall–Kier alpha value is -0.920. The number of hydrogen-bond acceptors (Lipinski definition) is 2. The number of aromatic nitrogens is 2. The van der Waals surface area contributed by atoms with Crippen molar-refractivity contribution in [3.8, 4) is 0 Å². The summed E-state index contributed by atoms with van der Waals surface area (Å²) in [6.07, 6.45) is 6.41. The van der Waals surface area contributed by atoms with Gasteiger partial charge in [-0.3, -0.25) is 0 Å². The topological polar surface area (TPSA) is 25.8 Å². The molecule has 0 aliphatic rings. The average molecular weight is 135 g/mol. The van der Waals surface area contributed by atoms with E-state index in [1.165, 1.54) is 5.56 Å². The number of nitrogens with zero attached hydrogens (tertiary/aromatic N) is 2. The molecule has 0 saturated carbocycles. The van der Waals surface area contributed by atoms with Gasteiger partial charge in [0.2, 0.25) is 0 Å². The Labute approximate surface area is 61.3 Å². The van der Waals surface area contributed by atoms with Crippen molar-refractivity contribution < 1.29 is 0 Å². The Bertz CT molecular complexity index is 185. The average Bonchev–Trinajstić information content (AvgIpc) is 2.04. The zero-order valence-electron chi connectivity index (χ0n) is 6.39. The molecule has 1 radical (unpaired) electrons. The third-order valence-corrected chi connectivity index (χ3v) is 1.55. The molecule has 0 aromatic carbocycles. The van der Waals surface area contributed by atoms with E-state index in [0.29, 0.717) is 0 Å². The molecular formula is C8H11N2. The van der Waals surface area contributed by atoms with Gasteiger partial charge in [-0.15, -0.1) is 0 Å². The normalized spacial score (nSPS) is 9.80. The van der Waals surface area contributed by atoms with Gasteiger partial charge >= 0.3 is 0 Å². The Morgan fingerprint density at radius 3 is 2.70 bits per heavy atom. The van der Waals surface area contributed by atoms with E-state index in [-0.39, 0.29) is 0 Å². The molecule has 0 unspecified atom stereocenters. The third-order valence-electron chi connectivity index (χ3n) is 1.55. The zero-order chi connectivity index (χ0) is 7.40. The molecule has 1 aromatic heterocycles. The first kappa shape index (κ1) is 7.19. The second-order valence-corrected chi connectivity index (χ2v) is 2.15. The molecule has 10 heavy (non-hydrogen) atoms. The molecule has 0 bridgehead atoms. The summed E-state index contributed by atoms with van der Waals surface area (Å²) in [4.78, 5) is 7.86. The monoisotopic (exact) mass is 135 g/mol. The van der Waals surface area contributed by atoms with Crippen LogP contribution in [0.2, 0.25) is 0 Å². The first-order valence-electron chi connectivity index (χ1n) is 3.59. The van der Waals surface area contributed by atoms with Gasteiger partial charge in [0.1, 0.15) is 0 Å². The third kappa shape index (κ3) is 1.32. The van der Waals surface area contributed by atoms with Crippen LogP contribution in [0.25, 0.3) is 0 Å². The van der Waals surface area contributed by atoms with Crippen molar-refractivity contribution in [3.63, 3.8) is 0 Å². The maximum Gasteiger partial charge on any atom is 0.197 e. The summed E-state index contributed by atoms with van der Waals surface area (Å²) in [6, 6.07) is 0. The molecule has 1 heterocycles. The van der Waals surface area contributed by atoms with E-state index < -0.39 is 0 Å². The zero-order valence-corrected chi connectivity index (χ0v) is 6.39. The molecule has 0 N–H and O–H groups in total. The molecule has 0 aliphatic heterocycles. The Kier molecular flexibility index (Phi) is 2.37. The molecule has 0 aliphatic carbocycles. The number of rotatable bonds is 2. The molecule has 0 atom stereocenters. The molecule has 2 heteroatoms. The smallest absolute Gasteiger partial charge is 0.197 e. The maximum atomic E-state index is 4.03. The van der Waals surface area contributed by atoms with Gasteiger partial charge in [-0.05, 0) is 18.4 Å². The fourth-order valence-electron chi connectivity index (χ4n) is 0.944. The van der Waals surface area contributed by atoms with Crippen LogP contribution in [-0.4, -0.2) is 9.97 Å². The highest BCUT2D eigenvalue weighted by atomic mass is 14.8. The predicted molar refractivity (Wildman–Crippen MR) is 39.6 cm³/mol. The summed E-state index contributed by atoms with van der Waals surface area (Å²) in [5.41, 5.74) is 2.36. The highest BCUT2D eigenvalue weighted by Crippen LogP contribution is 2.03. The first-order chi connectivity index (χ1) is 4.88. The molecule has 1 aromatic rings. The molecule has 0 fully saturated rings. The minimum absolute atomic E-state index is 0.974. The van der Waals surface area contributed by atoms with Crippen molar-refractivity contribution in [1.82, 2.24) is 9.97 Å². The highest BCUT2D eigenvalue weighted by molar-refractivity contribution is 5.14. The van der Waals surface area contributed by atoms with Gasteiger partial charge in [-0.2, -0.15) is 0 Å². The number of hydrogen-bond donors (Lipinski definition) is 0. The van der Waals surface area contributed by atoms with E-state index in [9.17, 15) is 0 Å². The van der Waals surface area contributed by atoms with Crippen LogP contribution in [0.3, 0.4) is 0 Å². The van der Waals surface area contributed by atoms with E-state index >= 15 is 0 Å². The predicted octanol–water partition coefficient (Wildman–Crippen LogP) is 1.40. The van der Waals surface area contributed by atoms with Crippen molar-refractivity contribution in [2.24, 2.45) is 0 Å². The van der Waals surface area contributed by atoms with Gasteiger partial charge in [-0.25, -0.2) is 9.97 Å². The molecule has 0 saturated heterocycles. The SMILES string of the molecule is CCc1cn[c]nc1CC. The first-order valence-corrected chi connectivity index (χ1v) is 3.59. The van der Waals surface area contributed by atoms with Gasteiger partial charge in [-0.1, -0.05) is 13.8 Å². The van der Waals surface area contributed by atoms with Gasteiger partial charge in [0.15, 0.2) is 6.33 Å². The van der Waals surface area contributed by atoms with Crippen LogP contribution in [0, 0.1) is 6.33 Å². The van der Waals surface area contributed by atoms with Crippen molar-refractivity contribution in [1.29, 1.82) is 0 Å². The van der Waals surface area contributed by atoms with Crippen molar-refractivity contribution in [2.45, 2.75) is 26.7 Å². The summed E-state index contributed by atoms with van der Waals surface area (Å²) < 4.78 is 0. The largest absolute Gasteiger partial charge is 0.233 e. The van der Waals surface area contributed by atoms with Crippen molar-refractivity contribution in [3.05, 3.63) is 23.8 Å². The van der Waals surface area contributed by atoms with Crippen LogP contribution < -0.4 is 0 Å². The Morgan fingerprint density at radius 1 is 1.40 bits per heavy atom. The fraction of sp³-hybridized carbons (Fsp3) is 0.500. The lowest BCUT2D eigenvalue weighted by Crippen LogP contribution is -1.95. The summed E-state index contributed by atoms with van der Waals surface area (Å²) in [6.45, 7) is 4.20. The molecule has 53 valence electrons. The summed E-state index contributed by atoms with van der Waals surface area (Å²) >= 11 is 0. The summed E-state index contributed by atoms with van der Waals surface area (Å²) in [5, 5.41) is 0.